The van der Waals surface area contributed by atoms with E-state index < -0.39 is 5.41 Å². The van der Waals surface area contributed by atoms with E-state index in [1.165, 1.54) is 55.3 Å². The van der Waals surface area contributed by atoms with Gasteiger partial charge >= 0.3 is 0 Å². The van der Waals surface area contributed by atoms with Crippen LogP contribution in [0.5, 0.6) is 0 Å². The molecule has 0 radical (unpaired) electrons. The zero-order valence-electron chi connectivity index (χ0n) is 46.1. The molecule has 0 unspecified atom stereocenters. The van der Waals surface area contributed by atoms with Gasteiger partial charge in [0.15, 0.2) is 11.2 Å². The van der Waals surface area contributed by atoms with E-state index in [-0.39, 0.29) is 0 Å². The molecule has 2 aliphatic carbocycles. The molecule has 4 nitrogen and oxygen atoms in total. The topological polar surface area (TPSA) is 32.8 Å². The maximum atomic E-state index is 7.04. The van der Waals surface area contributed by atoms with Gasteiger partial charge in [-0.05, 0) is 138 Å². The Morgan fingerprint density at radius 2 is 0.588 bits per heavy atom. The first-order chi connectivity index (χ1) is 42.2. The highest BCUT2D eigenvalue weighted by Crippen LogP contribution is 2.67. The number of nitrogens with zero attached hydrogens (tertiary/aromatic N) is 2. The lowest BCUT2D eigenvalue weighted by Crippen LogP contribution is -2.26. The fourth-order valence-corrected chi connectivity index (χ4v) is 14.7. The van der Waals surface area contributed by atoms with Gasteiger partial charge in [-0.1, -0.05) is 243 Å². The van der Waals surface area contributed by atoms with Gasteiger partial charge in [0.1, 0.15) is 11.2 Å². The summed E-state index contributed by atoms with van der Waals surface area (Å²) < 4.78 is 14.1. The molecular weight excluding hydrogens is 1030 g/mol. The minimum absolute atomic E-state index is 0.790. The van der Waals surface area contributed by atoms with Gasteiger partial charge in [-0.25, -0.2) is 0 Å². The number of rotatable bonds is 8. The van der Waals surface area contributed by atoms with E-state index in [0.717, 1.165) is 111 Å². The number of benzene rings is 14. The number of furan rings is 2. The van der Waals surface area contributed by atoms with E-state index >= 15 is 0 Å². The van der Waals surface area contributed by atoms with Gasteiger partial charge in [-0.15, -0.1) is 0 Å². The molecule has 2 aliphatic rings. The minimum atomic E-state index is -0.790. The smallest absolute Gasteiger partial charge is 0.159 e. The minimum Gasteiger partial charge on any atom is -0.454 e. The lowest BCUT2D eigenvalue weighted by Gasteiger charge is -2.34. The summed E-state index contributed by atoms with van der Waals surface area (Å²) in [6, 6.07) is 111. The second-order valence-electron chi connectivity index (χ2n) is 22.6. The molecule has 2 aromatic heterocycles. The van der Waals surface area contributed by atoms with Crippen LogP contribution in [-0.2, 0) is 5.41 Å². The van der Waals surface area contributed by atoms with Crippen LogP contribution in [-0.4, -0.2) is 0 Å². The lowest BCUT2D eigenvalue weighted by atomic mass is 9.70. The quantitative estimate of drug-likeness (QED) is 0.152. The standard InChI is InChI=1S/C81H50N2O2/c1-3-23-51(24-4-1)53-27-19-29-55(47-53)82(71-43-21-39-65-61-35-13-17-45-75(61)84-79(65)71)73-49-69-77(63-37-9-7-33-59(63)73)78-64-38-10-8-34-60(64)74(50-70(78)81(69)67-41-15-11-31-57(67)58-32-12-16-42-68(58)81)83(56-30-20-28-54(48-56)52-25-5-2-6-26-52)72-44-22-40-66-62-36-14-18-46-76(62)85-80(66)72/h1-50H. The fraction of sp³-hybridized carbons (Fsp3) is 0.0123. The van der Waals surface area contributed by atoms with E-state index in [2.05, 4.69) is 313 Å². The largest absolute Gasteiger partial charge is 0.454 e. The molecule has 0 saturated heterocycles. The summed E-state index contributed by atoms with van der Waals surface area (Å²) in [7, 11) is 0. The molecule has 2 heterocycles. The molecule has 1 spiro atoms. The Kier molecular flexibility index (Phi) is 10.3. The molecule has 4 heteroatoms. The summed E-state index contributed by atoms with van der Waals surface area (Å²) in [5.74, 6) is 0. The summed E-state index contributed by atoms with van der Waals surface area (Å²) in [6.07, 6.45) is 0. The molecule has 0 amide bonds. The Balaban J connectivity index is 0.981. The van der Waals surface area contributed by atoms with Crippen LogP contribution in [0.3, 0.4) is 0 Å². The van der Waals surface area contributed by atoms with Crippen molar-refractivity contribution in [3.05, 3.63) is 326 Å². The number of fused-ring (bicyclic) bond motifs is 20. The average Bonchev–Trinajstić information content (AvgIpc) is 1.72. The zero-order valence-corrected chi connectivity index (χ0v) is 46.1. The molecule has 18 rings (SSSR count). The maximum Gasteiger partial charge on any atom is 0.159 e. The van der Waals surface area contributed by atoms with Crippen molar-refractivity contribution in [3.63, 3.8) is 0 Å². The Bertz CT molecular complexity index is 5060. The highest BCUT2D eigenvalue weighted by atomic mass is 16.3. The first-order valence-electron chi connectivity index (χ1n) is 29.2. The summed E-state index contributed by atoms with van der Waals surface area (Å²) in [4.78, 5) is 4.95. The van der Waals surface area contributed by atoms with Crippen LogP contribution in [0.15, 0.2) is 312 Å². The monoisotopic (exact) mass is 1080 g/mol. The molecule has 396 valence electrons. The highest BCUT2D eigenvalue weighted by Gasteiger charge is 2.53. The summed E-state index contributed by atoms with van der Waals surface area (Å²) in [6.45, 7) is 0. The van der Waals surface area contributed by atoms with E-state index in [9.17, 15) is 0 Å². The summed E-state index contributed by atoms with van der Waals surface area (Å²) >= 11 is 0. The molecular formula is C81H50N2O2. The first kappa shape index (κ1) is 47.4. The second-order valence-corrected chi connectivity index (χ2v) is 22.6. The fourth-order valence-electron chi connectivity index (χ4n) is 14.7. The Morgan fingerprint density at radius 3 is 1.05 bits per heavy atom. The Morgan fingerprint density at radius 1 is 0.235 bits per heavy atom. The Labute approximate surface area is 490 Å². The predicted octanol–water partition coefficient (Wildman–Crippen LogP) is 22.4. The molecule has 0 bridgehead atoms. The second kappa shape index (κ2) is 18.4. The van der Waals surface area contributed by atoms with Crippen LogP contribution in [0.1, 0.15) is 22.3 Å². The average molecular weight is 1080 g/mol. The van der Waals surface area contributed by atoms with Gasteiger partial charge in [-0.3, -0.25) is 0 Å². The third-order valence-electron chi connectivity index (χ3n) is 18.2. The van der Waals surface area contributed by atoms with Crippen LogP contribution in [0, 0.1) is 0 Å². The van der Waals surface area contributed by atoms with Crippen molar-refractivity contribution in [1.82, 2.24) is 0 Å². The van der Waals surface area contributed by atoms with Crippen molar-refractivity contribution < 1.29 is 8.83 Å². The van der Waals surface area contributed by atoms with Crippen LogP contribution in [0.25, 0.3) is 110 Å². The molecule has 0 saturated carbocycles. The third-order valence-corrected chi connectivity index (χ3v) is 18.2. The van der Waals surface area contributed by atoms with Gasteiger partial charge in [0.05, 0.1) is 28.2 Å². The van der Waals surface area contributed by atoms with Crippen molar-refractivity contribution in [3.8, 4) is 44.5 Å². The van der Waals surface area contributed by atoms with Gasteiger partial charge in [0.25, 0.3) is 0 Å². The van der Waals surface area contributed by atoms with Gasteiger partial charge in [-0.2, -0.15) is 0 Å². The molecule has 0 N–H and O–H groups in total. The van der Waals surface area contributed by atoms with Crippen LogP contribution < -0.4 is 9.80 Å². The van der Waals surface area contributed by atoms with Crippen molar-refractivity contribution in [1.29, 1.82) is 0 Å². The van der Waals surface area contributed by atoms with Crippen LogP contribution >= 0.6 is 0 Å². The predicted molar refractivity (Wildman–Crippen MR) is 353 cm³/mol. The number of hydrogen-bond donors (Lipinski definition) is 0. The zero-order chi connectivity index (χ0) is 55.7. The van der Waals surface area contributed by atoms with Crippen molar-refractivity contribution in [2.75, 3.05) is 9.80 Å². The first-order valence-corrected chi connectivity index (χ1v) is 29.2. The summed E-state index contributed by atoms with van der Waals surface area (Å²) in [5, 5.41) is 8.93. The normalized spacial score (nSPS) is 12.8. The van der Waals surface area contributed by atoms with E-state index in [1.54, 1.807) is 0 Å². The molecule has 85 heavy (non-hydrogen) atoms. The SMILES string of the molecule is c1ccc(-c2cccc(N(c3cc4c(c5ccccc35)-c3c(cc(N(c5cccc(-c6ccccc6)c5)c5cccc6c5oc5ccccc56)c5ccccc35)C43c4ccccc4-c4ccccc43)c3cccc4c3oc3ccccc34)c2)cc1. The van der Waals surface area contributed by atoms with Gasteiger partial charge < -0.3 is 18.6 Å². The molecule has 0 atom stereocenters. The van der Waals surface area contributed by atoms with Crippen LogP contribution in [0.2, 0.25) is 0 Å². The molecule has 0 aliphatic heterocycles. The van der Waals surface area contributed by atoms with Gasteiger partial charge in [0, 0.05) is 43.7 Å². The van der Waals surface area contributed by atoms with E-state index in [1.807, 2.05) is 0 Å². The number of hydrogen-bond acceptors (Lipinski definition) is 4. The third kappa shape index (κ3) is 6.85. The number of anilines is 6. The van der Waals surface area contributed by atoms with Crippen molar-refractivity contribution in [2.24, 2.45) is 0 Å². The van der Waals surface area contributed by atoms with E-state index in [0.29, 0.717) is 0 Å². The highest BCUT2D eigenvalue weighted by molar-refractivity contribution is 6.21. The van der Waals surface area contributed by atoms with Crippen LogP contribution in [0.4, 0.5) is 34.1 Å². The van der Waals surface area contributed by atoms with Gasteiger partial charge in [0.2, 0.25) is 0 Å². The van der Waals surface area contributed by atoms with E-state index in [4.69, 9.17) is 8.83 Å². The molecule has 16 aromatic rings. The maximum absolute atomic E-state index is 7.04. The Hall–Kier alpha value is -11.2. The lowest BCUT2D eigenvalue weighted by molar-refractivity contribution is 0.669. The van der Waals surface area contributed by atoms with Crippen molar-refractivity contribution in [2.45, 2.75) is 5.41 Å². The molecule has 0 fully saturated rings. The summed E-state index contributed by atoms with van der Waals surface area (Å²) in [5.41, 5.74) is 23.2. The number of para-hydroxylation sites is 4. The van der Waals surface area contributed by atoms with Crippen molar-refractivity contribution >= 4 is 99.5 Å². The molecule has 14 aromatic carbocycles.